The maximum Gasteiger partial charge on any atom is 0.526 e. The fourth-order valence-corrected chi connectivity index (χ4v) is 6.88. The molecule has 2 aliphatic rings. The highest BCUT2D eigenvalue weighted by Gasteiger charge is 2.19. The molecule has 4 aromatic heterocycles. The summed E-state index contributed by atoms with van der Waals surface area (Å²) in [5.41, 5.74) is 7.21. The average Bonchev–Trinajstić information content (AvgIpc) is 3.98. The van der Waals surface area contributed by atoms with Crippen LogP contribution in [0.25, 0.3) is 23.5 Å². The minimum atomic E-state index is -1.59. The third-order valence-electron chi connectivity index (χ3n) is 9.42. The van der Waals surface area contributed by atoms with E-state index in [-0.39, 0.29) is 30.5 Å². The molecule has 2 aliphatic heterocycles. The summed E-state index contributed by atoms with van der Waals surface area (Å²) in [4.78, 5) is 17.7. The molecule has 0 saturated heterocycles. The van der Waals surface area contributed by atoms with Gasteiger partial charge in [0.2, 0.25) is 0 Å². The molecule has 0 spiro atoms. The van der Waals surface area contributed by atoms with Crippen molar-refractivity contribution in [3.63, 3.8) is 0 Å². The van der Waals surface area contributed by atoms with Crippen molar-refractivity contribution in [1.29, 1.82) is 0 Å². The first-order valence-corrected chi connectivity index (χ1v) is 20.1. The predicted molar refractivity (Wildman–Crippen MR) is 253 cm³/mol. The normalized spacial score (nSPS) is 14.3. The van der Waals surface area contributed by atoms with Crippen molar-refractivity contribution in [3.05, 3.63) is 148 Å². The molecule has 0 radical (unpaired) electrons. The highest BCUT2D eigenvalue weighted by atomic mass is 79.9. The van der Waals surface area contributed by atoms with E-state index >= 15 is 0 Å². The van der Waals surface area contributed by atoms with E-state index in [4.69, 9.17) is 42.8 Å². The van der Waals surface area contributed by atoms with Gasteiger partial charge in [-0.2, -0.15) is 0 Å². The number of rotatable bonds is 10. The number of pyridine rings is 2. The largest absolute Gasteiger partial charge is 0.526 e. The number of hydrogen-bond donors (Lipinski definition) is 2. The Balaban J connectivity index is 0.000000219. The molecule has 12 nitrogen and oxygen atoms in total. The van der Waals surface area contributed by atoms with Gasteiger partial charge >= 0.3 is 7.12 Å². The van der Waals surface area contributed by atoms with Crippen LogP contribution in [0.1, 0.15) is 48.3 Å². The summed E-state index contributed by atoms with van der Waals surface area (Å²) in [6, 6.07) is 26.3. The van der Waals surface area contributed by atoms with E-state index in [0.717, 1.165) is 106 Å². The average molecular weight is 947 g/mol. The van der Waals surface area contributed by atoms with Crippen LogP contribution in [0.5, 0.6) is 23.0 Å². The minimum absolute atomic E-state index is 0. The summed E-state index contributed by atoms with van der Waals surface area (Å²) in [5, 5.41) is 18.2. The van der Waals surface area contributed by atoms with Crippen LogP contribution >= 0.6 is 40.7 Å². The van der Waals surface area contributed by atoms with E-state index in [1.807, 2.05) is 85.1 Å². The van der Waals surface area contributed by atoms with E-state index in [9.17, 15) is 0 Å². The second kappa shape index (κ2) is 24.7. The topological polar surface area (TPSA) is 154 Å². The van der Waals surface area contributed by atoms with E-state index in [2.05, 4.69) is 37.0 Å². The highest BCUT2D eigenvalue weighted by molar-refractivity contribution is 9.10. The Morgan fingerprint density at radius 2 is 1.16 bits per heavy atom. The van der Waals surface area contributed by atoms with Gasteiger partial charge in [0.25, 0.3) is 0 Å². The lowest BCUT2D eigenvalue weighted by Crippen LogP contribution is -2.27. The number of aliphatic imine (C=N–C) groups is 2. The first-order valence-electron chi connectivity index (χ1n) is 19.3. The molecule has 324 valence electrons. The van der Waals surface area contributed by atoms with Crippen LogP contribution < -0.4 is 24.6 Å². The summed E-state index contributed by atoms with van der Waals surface area (Å²) in [5.74, 6) is 5.17. The molecule has 6 aromatic rings. The molecule has 2 N–H and O–H groups in total. The Labute approximate surface area is 382 Å². The third kappa shape index (κ3) is 13.2. The first-order chi connectivity index (χ1) is 29.3. The number of ether oxygens (including phenoxy) is 4. The molecule has 6 heterocycles. The van der Waals surface area contributed by atoms with Crippen LogP contribution in [0.15, 0.2) is 144 Å². The van der Waals surface area contributed by atoms with Gasteiger partial charge in [-0.25, -0.2) is 0 Å². The van der Waals surface area contributed by atoms with E-state index in [1.165, 1.54) is 5.57 Å². The number of halogens is 3. The van der Waals surface area contributed by atoms with Gasteiger partial charge in [0.05, 0.1) is 49.9 Å². The number of nitrogens with zero attached hydrogens (tertiary/aromatic N) is 4. The SMILES string of the molecule is COc1ccc(-c2ccc(/C=C3\CCCN=C3c3cccnc3)o2)c(OC)c1.COc1ccc(Br)c(OC)c1.Cl.Cl.OB(O)c1ccc(/C=C2\CCCN=C2c2cccnc2)o1. The fraction of sp³-hybridized carbons (Fsp3) is 0.217. The molecular formula is C46H48BBrCl2N4O8. The summed E-state index contributed by atoms with van der Waals surface area (Å²) in [6.07, 6.45) is 15.0. The molecule has 0 amide bonds. The Morgan fingerprint density at radius 3 is 1.66 bits per heavy atom. The van der Waals surface area contributed by atoms with Crippen LogP contribution in [0, 0.1) is 0 Å². The van der Waals surface area contributed by atoms with Crippen molar-refractivity contribution in [2.75, 3.05) is 41.5 Å². The molecule has 0 aliphatic carbocycles. The molecule has 2 aromatic carbocycles. The van der Waals surface area contributed by atoms with Gasteiger partial charge in [0.15, 0.2) is 0 Å². The smallest absolute Gasteiger partial charge is 0.497 e. The Morgan fingerprint density at radius 1 is 0.629 bits per heavy atom. The quantitative estimate of drug-likeness (QED) is 0.127. The number of aromatic nitrogens is 2. The van der Waals surface area contributed by atoms with Crippen molar-refractivity contribution in [1.82, 2.24) is 9.97 Å². The molecular weight excluding hydrogens is 898 g/mol. The Bertz CT molecular complexity index is 2460. The van der Waals surface area contributed by atoms with Crippen molar-refractivity contribution in [3.8, 4) is 34.3 Å². The van der Waals surface area contributed by atoms with Crippen LogP contribution in [0.2, 0.25) is 0 Å². The van der Waals surface area contributed by atoms with Crippen molar-refractivity contribution in [2.24, 2.45) is 9.98 Å². The summed E-state index contributed by atoms with van der Waals surface area (Å²) in [7, 11) is 4.94. The number of benzene rings is 2. The number of allylic oxidation sites excluding steroid dienone is 2. The van der Waals surface area contributed by atoms with E-state index in [0.29, 0.717) is 11.5 Å². The second-order valence-electron chi connectivity index (χ2n) is 13.4. The summed E-state index contributed by atoms with van der Waals surface area (Å²) in [6.45, 7) is 1.65. The lowest BCUT2D eigenvalue weighted by molar-refractivity contribution is 0.392. The predicted octanol–water partition coefficient (Wildman–Crippen LogP) is 9.36. The lowest BCUT2D eigenvalue weighted by atomic mass is 9.88. The number of furan rings is 2. The molecule has 0 atom stereocenters. The standard InChI is InChI=1S/C23H22N2O3.C15H15BN2O3.C8H9BrO2.2ClH/c1-26-18-7-9-20(22(14-18)27-2)21-10-8-19(28-21)13-16-5-4-12-25-23(16)17-6-3-11-24-15-17;19-16(20)14-6-5-13(21-14)9-11-3-2-8-18-15(11)12-4-1-7-17-10-12;1-10-6-3-4-7(9)8(5-6)11-2;;/h3,6-11,13-15H,4-5,12H2,1-2H3;1,4-7,9-10,19-20H,2-3,8H2;3-5H,1-2H3;2*1H/b16-13+;11-9+;;;. The van der Waals surface area contributed by atoms with E-state index < -0.39 is 7.12 Å². The van der Waals surface area contributed by atoms with Gasteiger partial charge in [-0.05, 0) is 138 Å². The molecule has 16 heteroatoms. The van der Waals surface area contributed by atoms with Crippen LogP contribution in [-0.2, 0) is 0 Å². The van der Waals surface area contributed by atoms with Crippen LogP contribution in [0.3, 0.4) is 0 Å². The van der Waals surface area contributed by atoms with Gasteiger partial charge in [0.1, 0.15) is 45.9 Å². The first kappa shape index (κ1) is 49.0. The van der Waals surface area contributed by atoms with Crippen molar-refractivity contribution in [2.45, 2.75) is 25.7 Å². The fourth-order valence-electron chi connectivity index (χ4n) is 6.47. The Hall–Kier alpha value is -5.64. The molecule has 0 fully saturated rings. The van der Waals surface area contributed by atoms with Crippen LogP contribution in [0.4, 0.5) is 0 Å². The minimum Gasteiger partial charge on any atom is -0.497 e. The summed E-state index contributed by atoms with van der Waals surface area (Å²) < 4.78 is 33.3. The molecule has 0 unspecified atom stereocenters. The molecule has 0 saturated carbocycles. The maximum atomic E-state index is 9.08. The Kier molecular flexibility index (Phi) is 19.5. The number of methoxy groups -OCH3 is 4. The van der Waals surface area contributed by atoms with Crippen molar-refractivity contribution >= 4 is 77.1 Å². The zero-order valence-corrected chi connectivity index (χ0v) is 37.9. The molecule has 0 bridgehead atoms. The van der Waals surface area contributed by atoms with Gasteiger partial charge < -0.3 is 37.8 Å². The van der Waals surface area contributed by atoms with E-state index in [1.54, 1.807) is 59.2 Å². The van der Waals surface area contributed by atoms with Gasteiger partial charge in [0, 0.05) is 61.1 Å². The second-order valence-corrected chi connectivity index (χ2v) is 14.2. The van der Waals surface area contributed by atoms with Gasteiger partial charge in [-0.15, -0.1) is 24.8 Å². The lowest BCUT2D eigenvalue weighted by Gasteiger charge is -2.15. The third-order valence-corrected chi connectivity index (χ3v) is 10.1. The van der Waals surface area contributed by atoms with Gasteiger partial charge in [-0.1, -0.05) is 0 Å². The molecule has 62 heavy (non-hydrogen) atoms. The zero-order valence-electron chi connectivity index (χ0n) is 34.7. The number of hydrogen-bond acceptors (Lipinski definition) is 12. The zero-order chi connectivity index (χ0) is 42.3. The maximum absolute atomic E-state index is 9.08. The summed E-state index contributed by atoms with van der Waals surface area (Å²) >= 11 is 3.34. The monoisotopic (exact) mass is 944 g/mol. The molecule has 8 rings (SSSR count). The van der Waals surface area contributed by atoms with Crippen LogP contribution in [-0.4, -0.2) is 80.1 Å². The highest BCUT2D eigenvalue weighted by Crippen LogP contribution is 2.35. The van der Waals surface area contributed by atoms with Gasteiger partial charge in [-0.3, -0.25) is 20.0 Å². The van der Waals surface area contributed by atoms with Crippen molar-refractivity contribution < 1.29 is 37.8 Å².